The summed E-state index contributed by atoms with van der Waals surface area (Å²) < 4.78 is 10.3. The topological polar surface area (TPSA) is 38.7 Å². The summed E-state index contributed by atoms with van der Waals surface area (Å²) in [5, 5.41) is 0. The van der Waals surface area contributed by atoms with Crippen molar-refractivity contribution >= 4 is 8.38 Å². The van der Waals surface area contributed by atoms with Crippen molar-refractivity contribution in [2.45, 2.75) is 20.0 Å². The second-order valence-electron chi connectivity index (χ2n) is 3.21. The van der Waals surface area contributed by atoms with Crippen LogP contribution >= 0.6 is 8.38 Å². The van der Waals surface area contributed by atoms with Gasteiger partial charge in [-0.3, -0.25) is 0 Å². The molecule has 0 saturated heterocycles. The van der Waals surface area contributed by atoms with Crippen LogP contribution in [0, 0.1) is 17.8 Å². The number of hydrogen-bond donors (Lipinski definition) is 1. The number of ether oxygens (including phenoxy) is 1. The monoisotopic (exact) mass is 204 g/mol. The zero-order chi connectivity index (χ0) is 10.5. The van der Waals surface area contributed by atoms with Gasteiger partial charge in [0.25, 0.3) is 0 Å². The van der Waals surface area contributed by atoms with E-state index >= 15 is 0 Å². The van der Waals surface area contributed by atoms with Crippen molar-refractivity contribution < 1.29 is 14.2 Å². The van der Waals surface area contributed by atoms with Gasteiger partial charge in [-0.15, -0.1) is 6.42 Å². The van der Waals surface area contributed by atoms with Gasteiger partial charge in [0, 0.05) is 13.8 Å². The third-order valence-corrected chi connectivity index (χ3v) is 2.60. The lowest BCUT2D eigenvalue weighted by molar-refractivity contribution is 0.0434. The third-order valence-electron chi connectivity index (χ3n) is 1.98. The minimum Gasteiger partial charge on any atom is -0.383 e. The highest BCUT2D eigenvalue weighted by molar-refractivity contribution is 7.45. The zero-order valence-corrected chi connectivity index (χ0v) is 9.47. The highest BCUT2D eigenvalue weighted by Gasteiger charge is 2.31. The van der Waals surface area contributed by atoms with E-state index < -0.39 is 13.8 Å². The Hall–Kier alpha value is -0.130. The highest BCUT2D eigenvalue weighted by atomic mass is 31.2. The van der Waals surface area contributed by atoms with Crippen LogP contribution in [0.1, 0.15) is 13.8 Å². The zero-order valence-electron chi connectivity index (χ0n) is 8.57. The van der Waals surface area contributed by atoms with Gasteiger partial charge in [-0.05, 0) is 13.8 Å². The molecule has 3 nitrogen and oxygen atoms in total. The molecule has 0 aliphatic carbocycles. The van der Waals surface area contributed by atoms with Gasteiger partial charge < -0.3 is 14.2 Å². The molecule has 0 fully saturated rings. The molecule has 0 aliphatic heterocycles. The molecular formula is C9H17O3P. The quantitative estimate of drug-likeness (QED) is 0.546. The molecule has 0 radical (unpaired) electrons. The average molecular weight is 204 g/mol. The van der Waals surface area contributed by atoms with Crippen molar-refractivity contribution in [3.8, 4) is 12.3 Å². The van der Waals surface area contributed by atoms with E-state index in [1.165, 1.54) is 0 Å². The van der Waals surface area contributed by atoms with Gasteiger partial charge >= 0.3 is 0 Å². The van der Waals surface area contributed by atoms with Gasteiger partial charge in [0.1, 0.15) is 0 Å². The van der Waals surface area contributed by atoms with Crippen molar-refractivity contribution in [3.63, 3.8) is 0 Å². The minimum absolute atomic E-state index is 0.210. The average Bonchev–Trinajstić information content (AvgIpc) is 2.03. The van der Waals surface area contributed by atoms with Gasteiger partial charge in [-0.2, -0.15) is 0 Å². The fourth-order valence-corrected chi connectivity index (χ4v) is 1.61. The summed E-state index contributed by atoms with van der Waals surface area (Å²) in [6.45, 7) is 5.76. The van der Waals surface area contributed by atoms with Gasteiger partial charge in [-0.1, -0.05) is 5.92 Å². The first-order valence-electron chi connectivity index (χ1n) is 4.02. The van der Waals surface area contributed by atoms with E-state index in [-0.39, 0.29) is 6.10 Å². The molecule has 4 heteroatoms. The summed E-state index contributed by atoms with van der Waals surface area (Å²) >= 11 is 0. The van der Waals surface area contributed by atoms with E-state index in [0.717, 1.165) is 0 Å². The predicted molar refractivity (Wildman–Crippen MR) is 54.4 cm³/mol. The smallest absolute Gasteiger partial charge is 0.164 e. The first-order chi connectivity index (χ1) is 5.96. The van der Waals surface area contributed by atoms with Crippen molar-refractivity contribution in [1.82, 2.24) is 0 Å². The van der Waals surface area contributed by atoms with E-state index in [2.05, 4.69) is 5.92 Å². The van der Waals surface area contributed by atoms with Gasteiger partial charge in [-0.25, -0.2) is 0 Å². The van der Waals surface area contributed by atoms with Crippen LogP contribution in [0.2, 0.25) is 0 Å². The lowest BCUT2D eigenvalue weighted by Gasteiger charge is -2.30. The first kappa shape index (κ1) is 12.9. The molecule has 0 spiro atoms. The van der Waals surface area contributed by atoms with Crippen LogP contribution in [0.15, 0.2) is 0 Å². The van der Waals surface area contributed by atoms with Gasteiger partial charge in [0.2, 0.25) is 0 Å². The summed E-state index contributed by atoms with van der Waals surface area (Å²) in [5.41, 5.74) is -0.478. The van der Waals surface area contributed by atoms with E-state index in [1.807, 2.05) is 13.8 Å². The molecule has 0 rings (SSSR count). The summed E-state index contributed by atoms with van der Waals surface area (Å²) in [6, 6.07) is 0. The van der Waals surface area contributed by atoms with Crippen molar-refractivity contribution in [2.24, 2.45) is 5.41 Å². The molecular weight excluding hydrogens is 187 g/mol. The SMILES string of the molecule is C#CC(C)(COC)C(C)OP(C)O. The molecule has 0 saturated carbocycles. The Bertz CT molecular complexity index is 188. The van der Waals surface area contributed by atoms with Gasteiger partial charge in [0.15, 0.2) is 8.38 Å². The van der Waals surface area contributed by atoms with E-state index in [0.29, 0.717) is 6.61 Å². The van der Waals surface area contributed by atoms with E-state index in [4.69, 9.17) is 20.6 Å². The molecule has 0 aromatic carbocycles. The Morgan fingerprint density at radius 3 is 2.54 bits per heavy atom. The summed E-state index contributed by atoms with van der Waals surface area (Å²) in [4.78, 5) is 9.08. The Balaban J connectivity index is 4.30. The largest absolute Gasteiger partial charge is 0.383 e. The lowest BCUT2D eigenvalue weighted by atomic mass is 9.87. The number of rotatable bonds is 5. The second kappa shape index (κ2) is 5.57. The molecule has 0 aromatic rings. The lowest BCUT2D eigenvalue weighted by Crippen LogP contribution is -2.34. The maximum absolute atomic E-state index is 9.08. The fraction of sp³-hybridized carbons (Fsp3) is 0.778. The summed E-state index contributed by atoms with van der Waals surface area (Å²) in [5.74, 6) is 2.63. The van der Waals surface area contributed by atoms with Crippen molar-refractivity contribution in [1.29, 1.82) is 0 Å². The van der Waals surface area contributed by atoms with Crippen LogP contribution in [-0.4, -0.2) is 31.4 Å². The summed E-state index contributed by atoms with van der Waals surface area (Å²) in [6.07, 6.45) is 5.18. The van der Waals surface area contributed by atoms with Crippen LogP contribution in [0.25, 0.3) is 0 Å². The molecule has 13 heavy (non-hydrogen) atoms. The van der Waals surface area contributed by atoms with Crippen molar-refractivity contribution in [3.05, 3.63) is 0 Å². The molecule has 3 atom stereocenters. The Morgan fingerprint density at radius 2 is 2.23 bits per heavy atom. The van der Waals surface area contributed by atoms with Crippen LogP contribution < -0.4 is 0 Å². The Labute approximate surface area is 81.4 Å². The van der Waals surface area contributed by atoms with E-state index in [9.17, 15) is 0 Å². The molecule has 0 aromatic heterocycles. The maximum atomic E-state index is 9.08. The Kier molecular flexibility index (Phi) is 5.51. The molecule has 3 unspecified atom stereocenters. The first-order valence-corrected chi connectivity index (χ1v) is 5.68. The van der Waals surface area contributed by atoms with Gasteiger partial charge in [0.05, 0.1) is 18.1 Å². The summed E-state index contributed by atoms with van der Waals surface area (Å²) in [7, 11) is 0.222. The molecule has 0 heterocycles. The normalized spacial score (nSPS) is 20.0. The second-order valence-corrected chi connectivity index (χ2v) is 4.35. The number of terminal acetylenes is 1. The number of hydrogen-bond acceptors (Lipinski definition) is 3. The number of methoxy groups -OCH3 is 1. The molecule has 0 amide bonds. The highest BCUT2D eigenvalue weighted by Crippen LogP contribution is 2.34. The third kappa shape index (κ3) is 4.06. The standard InChI is InChI=1S/C9H17O3P/c1-6-9(3,7-11-4)8(2)12-13(5)10/h1,8,10H,7H2,2-5H3. The Morgan fingerprint density at radius 1 is 1.69 bits per heavy atom. The van der Waals surface area contributed by atoms with Crippen LogP contribution in [0.5, 0.6) is 0 Å². The van der Waals surface area contributed by atoms with Crippen LogP contribution in [0.3, 0.4) is 0 Å². The van der Waals surface area contributed by atoms with Crippen LogP contribution in [0.4, 0.5) is 0 Å². The van der Waals surface area contributed by atoms with Crippen LogP contribution in [-0.2, 0) is 9.26 Å². The maximum Gasteiger partial charge on any atom is 0.164 e. The molecule has 0 bridgehead atoms. The molecule has 0 aliphatic rings. The van der Waals surface area contributed by atoms with E-state index in [1.54, 1.807) is 13.8 Å². The van der Waals surface area contributed by atoms with Crippen molar-refractivity contribution in [2.75, 3.05) is 20.4 Å². The molecule has 1 N–H and O–H groups in total. The minimum atomic E-state index is -1.37. The fourth-order valence-electron chi connectivity index (χ4n) is 0.921. The predicted octanol–water partition coefficient (Wildman–Crippen LogP) is 1.61. The molecule has 76 valence electrons.